The molecular weight excluding hydrogens is 420 g/mol. The van der Waals surface area contributed by atoms with Gasteiger partial charge in [0.15, 0.2) is 17.3 Å². The van der Waals surface area contributed by atoms with Crippen molar-refractivity contribution < 1.29 is 9.47 Å². The van der Waals surface area contributed by atoms with Crippen molar-refractivity contribution in [1.29, 1.82) is 0 Å². The molecule has 0 bridgehead atoms. The van der Waals surface area contributed by atoms with Crippen LogP contribution in [0.25, 0.3) is 10.9 Å². The van der Waals surface area contributed by atoms with Crippen LogP contribution in [0, 0.1) is 0 Å². The van der Waals surface area contributed by atoms with E-state index in [1.165, 1.54) is 12.8 Å². The second-order valence-electron chi connectivity index (χ2n) is 9.60. The first-order chi connectivity index (χ1) is 16.0. The van der Waals surface area contributed by atoms with E-state index >= 15 is 0 Å². The van der Waals surface area contributed by atoms with Gasteiger partial charge in [-0.05, 0) is 68.8 Å². The zero-order valence-corrected chi connectivity index (χ0v) is 19.6. The summed E-state index contributed by atoms with van der Waals surface area (Å²) in [6, 6.07) is 5.44. The molecule has 0 aliphatic carbocycles. The highest BCUT2D eigenvalue weighted by Gasteiger charge is 2.34. The Morgan fingerprint density at radius 3 is 2.45 bits per heavy atom. The van der Waals surface area contributed by atoms with E-state index in [1.54, 1.807) is 0 Å². The van der Waals surface area contributed by atoms with E-state index in [0.717, 1.165) is 43.3 Å². The lowest BCUT2D eigenvalue weighted by Gasteiger charge is -2.32. The Morgan fingerprint density at radius 1 is 1.06 bits per heavy atom. The van der Waals surface area contributed by atoms with E-state index in [1.807, 2.05) is 22.9 Å². The Kier molecular flexibility index (Phi) is 5.82. The van der Waals surface area contributed by atoms with Gasteiger partial charge in [-0.15, -0.1) is 5.10 Å². The van der Waals surface area contributed by atoms with E-state index in [2.05, 4.69) is 46.2 Å². The van der Waals surface area contributed by atoms with Gasteiger partial charge in [0.2, 0.25) is 0 Å². The first-order valence-electron chi connectivity index (χ1n) is 12.0. The molecule has 1 saturated heterocycles. The van der Waals surface area contributed by atoms with Crippen molar-refractivity contribution in [2.45, 2.75) is 64.5 Å². The number of nitrogens with one attached hydrogen (secondary N) is 1. The van der Waals surface area contributed by atoms with Crippen LogP contribution in [0.5, 0.6) is 11.5 Å². The van der Waals surface area contributed by atoms with Crippen molar-refractivity contribution >= 4 is 10.9 Å². The van der Waals surface area contributed by atoms with Gasteiger partial charge < -0.3 is 14.5 Å². The first kappa shape index (κ1) is 21.9. The molecule has 9 heteroatoms. The van der Waals surface area contributed by atoms with Gasteiger partial charge >= 0.3 is 0 Å². The quantitative estimate of drug-likeness (QED) is 0.633. The first-order valence-corrected chi connectivity index (χ1v) is 12.0. The standard InChI is InChI=1S/C24H32N6O3/c1-4-24(2,3)30-22(26-27-28-30)21(29-9-7-5-6-8-10-29)17-13-16-14-19-20(33-12-11-32-19)15-18(16)25-23(17)31/h13-15,21H,4-12H2,1-3H3,(H,25,31). The van der Waals surface area contributed by atoms with Crippen LogP contribution in [0.1, 0.15) is 70.3 Å². The van der Waals surface area contributed by atoms with Gasteiger partial charge in [-0.1, -0.05) is 19.8 Å². The van der Waals surface area contributed by atoms with E-state index in [9.17, 15) is 4.79 Å². The molecule has 3 aromatic rings. The van der Waals surface area contributed by atoms with E-state index in [4.69, 9.17) is 9.47 Å². The van der Waals surface area contributed by atoms with Gasteiger partial charge in [0.1, 0.15) is 19.3 Å². The zero-order valence-electron chi connectivity index (χ0n) is 19.6. The van der Waals surface area contributed by atoms with Gasteiger partial charge in [0, 0.05) is 17.0 Å². The Balaban J connectivity index is 1.67. The maximum atomic E-state index is 13.5. The van der Waals surface area contributed by atoms with E-state index < -0.39 is 0 Å². The number of fused-ring (bicyclic) bond motifs is 2. The Morgan fingerprint density at radius 2 is 1.76 bits per heavy atom. The average molecular weight is 453 g/mol. The number of nitrogens with zero attached hydrogens (tertiary/aromatic N) is 5. The highest BCUT2D eigenvalue weighted by atomic mass is 16.6. The summed E-state index contributed by atoms with van der Waals surface area (Å²) in [7, 11) is 0. The summed E-state index contributed by atoms with van der Waals surface area (Å²) < 4.78 is 13.4. The third kappa shape index (κ3) is 4.10. The largest absolute Gasteiger partial charge is 0.486 e. The van der Waals surface area contributed by atoms with Crippen LogP contribution in [0.4, 0.5) is 0 Å². The van der Waals surface area contributed by atoms with Gasteiger partial charge in [0.25, 0.3) is 5.56 Å². The number of H-pyrrole nitrogens is 1. The number of aromatic amines is 1. The lowest BCUT2D eigenvalue weighted by molar-refractivity contribution is 0.172. The van der Waals surface area contributed by atoms with Crippen molar-refractivity contribution in [2.24, 2.45) is 0 Å². The minimum Gasteiger partial charge on any atom is -0.486 e. The summed E-state index contributed by atoms with van der Waals surface area (Å²) in [6.45, 7) is 9.22. The third-order valence-electron chi connectivity index (χ3n) is 7.01. The fraction of sp³-hybridized carbons (Fsp3) is 0.583. The second-order valence-corrected chi connectivity index (χ2v) is 9.60. The van der Waals surface area contributed by atoms with Crippen LogP contribution in [0.3, 0.4) is 0 Å². The monoisotopic (exact) mass is 452 g/mol. The molecular formula is C24H32N6O3. The summed E-state index contributed by atoms with van der Waals surface area (Å²) in [5, 5.41) is 13.8. The van der Waals surface area contributed by atoms with Gasteiger partial charge in [-0.2, -0.15) is 0 Å². The van der Waals surface area contributed by atoms with Gasteiger partial charge in [-0.25, -0.2) is 4.68 Å². The minimum absolute atomic E-state index is 0.128. The number of tetrazole rings is 1. The fourth-order valence-corrected chi connectivity index (χ4v) is 4.76. The molecule has 1 atom stereocenters. The van der Waals surface area contributed by atoms with Crippen molar-refractivity contribution in [1.82, 2.24) is 30.1 Å². The lowest BCUT2D eigenvalue weighted by Crippen LogP contribution is -2.38. The summed E-state index contributed by atoms with van der Waals surface area (Å²) in [4.78, 5) is 18.9. The molecule has 0 amide bonds. The van der Waals surface area contributed by atoms with Crippen LogP contribution in [0.15, 0.2) is 23.0 Å². The maximum absolute atomic E-state index is 13.5. The predicted octanol–water partition coefficient (Wildman–Crippen LogP) is 3.40. The number of hydrogen-bond donors (Lipinski definition) is 1. The summed E-state index contributed by atoms with van der Waals surface area (Å²) in [5.74, 6) is 2.08. The lowest BCUT2D eigenvalue weighted by atomic mass is 9.99. The maximum Gasteiger partial charge on any atom is 0.253 e. The van der Waals surface area contributed by atoms with Crippen molar-refractivity contribution in [2.75, 3.05) is 26.3 Å². The van der Waals surface area contributed by atoms with Crippen LogP contribution >= 0.6 is 0 Å². The number of aromatic nitrogens is 5. The molecule has 4 heterocycles. The van der Waals surface area contributed by atoms with Crippen molar-refractivity contribution in [3.8, 4) is 11.5 Å². The molecule has 0 radical (unpaired) electrons. The SMILES string of the molecule is CCC(C)(C)n1nnnc1C(c1cc2cc3c(cc2[nH]c1=O)OCCO3)N1CCCCCC1. The summed E-state index contributed by atoms with van der Waals surface area (Å²) in [5.41, 5.74) is 0.994. The normalized spacial score (nSPS) is 18.3. The number of rotatable bonds is 5. The molecule has 2 aliphatic rings. The fourth-order valence-electron chi connectivity index (χ4n) is 4.76. The van der Waals surface area contributed by atoms with Gasteiger partial charge in [-0.3, -0.25) is 9.69 Å². The molecule has 5 rings (SSSR count). The number of likely N-dealkylation sites (tertiary alicyclic amines) is 1. The molecule has 2 aliphatic heterocycles. The highest BCUT2D eigenvalue weighted by Crippen LogP contribution is 2.36. The van der Waals surface area contributed by atoms with Gasteiger partial charge in [0.05, 0.1) is 11.1 Å². The third-order valence-corrected chi connectivity index (χ3v) is 7.01. The minimum atomic E-state index is -0.328. The highest BCUT2D eigenvalue weighted by molar-refractivity contribution is 5.83. The Hall–Kier alpha value is -2.94. The summed E-state index contributed by atoms with van der Waals surface area (Å²) in [6.07, 6.45) is 5.46. The Bertz CT molecular complexity index is 1190. The molecule has 1 aromatic carbocycles. The number of ether oxygens (including phenoxy) is 2. The Labute approximate surface area is 193 Å². The number of pyridine rings is 1. The molecule has 9 nitrogen and oxygen atoms in total. The molecule has 176 valence electrons. The summed E-state index contributed by atoms with van der Waals surface area (Å²) >= 11 is 0. The molecule has 0 saturated carbocycles. The van der Waals surface area contributed by atoms with Crippen molar-refractivity contribution in [3.05, 3.63) is 39.9 Å². The van der Waals surface area contributed by atoms with Crippen molar-refractivity contribution in [3.63, 3.8) is 0 Å². The molecule has 33 heavy (non-hydrogen) atoms. The van der Waals surface area contributed by atoms with E-state index in [0.29, 0.717) is 36.1 Å². The topological polar surface area (TPSA) is 98.2 Å². The second kappa shape index (κ2) is 8.78. The smallest absolute Gasteiger partial charge is 0.253 e. The zero-order chi connectivity index (χ0) is 23.0. The van der Waals surface area contributed by atoms with Crippen LogP contribution < -0.4 is 15.0 Å². The van der Waals surface area contributed by atoms with Crippen LogP contribution in [0.2, 0.25) is 0 Å². The molecule has 1 unspecified atom stereocenters. The van der Waals surface area contributed by atoms with Crippen LogP contribution in [-0.2, 0) is 5.54 Å². The average Bonchev–Trinajstić information content (AvgIpc) is 3.15. The molecule has 0 spiro atoms. The number of benzene rings is 1. The number of hydrogen-bond acceptors (Lipinski definition) is 7. The molecule has 1 fully saturated rings. The molecule has 1 N–H and O–H groups in total. The van der Waals surface area contributed by atoms with E-state index in [-0.39, 0.29) is 17.1 Å². The predicted molar refractivity (Wildman–Crippen MR) is 125 cm³/mol. The molecule has 2 aromatic heterocycles. The van der Waals surface area contributed by atoms with Crippen LogP contribution in [-0.4, -0.2) is 56.4 Å².